The summed E-state index contributed by atoms with van der Waals surface area (Å²) in [6.07, 6.45) is 0. The number of halogens is 1. The molecule has 5 nitrogen and oxygen atoms in total. The van der Waals surface area contributed by atoms with Crippen LogP contribution in [0.5, 0.6) is 11.5 Å². The van der Waals surface area contributed by atoms with Crippen molar-refractivity contribution in [2.45, 2.75) is 0 Å². The van der Waals surface area contributed by atoms with Gasteiger partial charge in [0.25, 0.3) is 0 Å². The van der Waals surface area contributed by atoms with Crippen LogP contribution < -0.4 is 9.47 Å². The van der Waals surface area contributed by atoms with E-state index in [1.807, 2.05) is 0 Å². The number of carbonyl (C=O) groups excluding carboxylic acids is 2. The Labute approximate surface area is 134 Å². The average Bonchev–Trinajstić information content (AvgIpc) is 3.00. The second-order valence-electron chi connectivity index (χ2n) is 4.57. The van der Waals surface area contributed by atoms with Gasteiger partial charge in [-0.2, -0.15) is 0 Å². The summed E-state index contributed by atoms with van der Waals surface area (Å²) in [5.41, 5.74) is 0.801. The fourth-order valence-corrected chi connectivity index (χ4v) is 2.22. The van der Waals surface area contributed by atoms with E-state index in [0.29, 0.717) is 22.6 Å². The minimum atomic E-state index is -0.540. The first-order chi connectivity index (χ1) is 10.6. The number of ether oxygens (including phenoxy) is 3. The van der Waals surface area contributed by atoms with Crippen LogP contribution in [0.1, 0.15) is 20.7 Å². The zero-order chi connectivity index (χ0) is 15.5. The highest BCUT2D eigenvalue weighted by atomic mass is 79.9. The molecule has 22 heavy (non-hydrogen) atoms. The number of hydrogen-bond acceptors (Lipinski definition) is 5. The first kappa shape index (κ1) is 14.6. The van der Waals surface area contributed by atoms with Crippen molar-refractivity contribution in [1.82, 2.24) is 0 Å². The number of rotatable bonds is 4. The number of esters is 1. The predicted octanol–water partition coefficient (Wildman–Crippen LogP) is 3.22. The van der Waals surface area contributed by atoms with Crippen LogP contribution in [0.2, 0.25) is 0 Å². The van der Waals surface area contributed by atoms with Gasteiger partial charge < -0.3 is 14.2 Å². The maximum atomic E-state index is 12.1. The Morgan fingerprint density at radius 3 is 2.45 bits per heavy atom. The molecule has 3 rings (SSSR count). The minimum absolute atomic E-state index is 0.144. The van der Waals surface area contributed by atoms with E-state index in [9.17, 15) is 9.59 Å². The Hall–Kier alpha value is -2.34. The SMILES string of the molecule is O=C(COC(=O)c1ccc(Br)cc1)c1ccc2c(c1)OCO2. The third-order valence-corrected chi connectivity index (χ3v) is 3.64. The fraction of sp³-hybridized carbons (Fsp3) is 0.125. The summed E-state index contributed by atoms with van der Waals surface area (Å²) in [7, 11) is 0. The van der Waals surface area contributed by atoms with Gasteiger partial charge in [-0.1, -0.05) is 15.9 Å². The van der Waals surface area contributed by atoms with Gasteiger partial charge in [0.05, 0.1) is 5.56 Å². The van der Waals surface area contributed by atoms with Crippen LogP contribution in [0.25, 0.3) is 0 Å². The van der Waals surface area contributed by atoms with Gasteiger partial charge in [0, 0.05) is 10.0 Å². The number of hydrogen-bond donors (Lipinski definition) is 0. The van der Waals surface area contributed by atoms with Crippen molar-refractivity contribution in [1.29, 1.82) is 0 Å². The molecule has 0 radical (unpaired) electrons. The molecule has 0 saturated carbocycles. The fourth-order valence-electron chi connectivity index (χ4n) is 1.95. The van der Waals surface area contributed by atoms with Gasteiger partial charge in [-0.05, 0) is 42.5 Å². The molecule has 1 aliphatic rings. The highest BCUT2D eigenvalue weighted by Crippen LogP contribution is 2.32. The quantitative estimate of drug-likeness (QED) is 0.617. The first-order valence-electron chi connectivity index (χ1n) is 6.49. The molecule has 2 aromatic rings. The van der Waals surface area contributed by atoms with Gasteiger partial charge >= 0.3 is 5.97 Å². The van der Waals surface area contributed by atoms with Crippen LogP contribution in [0.3, 0.4) is 0 Å². The number of benzene rings is 2. The van der Waals surface area contributed by atoms with Crippen LogP contribution in [-0.4, -0.2) is 25.2 Å². The molecule has 0 N–H and O–H groups in total. The highest BCUT2D eigenvalue weighted by Gasteiger charge is 2.17. The predicted molar refractivity (Wildman–Crippen MR) is 81.3 cm³/mol. The van der Waals surface area contributed by atoms with E-state index in [1.54, 1.807) is 42.5 Å². The van der Waals surface area contributed by atoms with Gasteiger partial charge in [0.1, 0.15) is 0 Å². The Bertz CT molecular complexity index is 724. The van der Waals surface area contributed by atoms with Gasteiger partial charge in [0.15, 0.2) is 23.9 Å². The minimum Gasteiger partial charge on any atom is -0.454 e. The summed E-state index contributed by atoms with van der Waals surface area (Å²) < 4.78 is 16.3. The van der Waals surface area contributed by atoms with Crippen molar-refractivity contribution >= 4 is 27.7 Å². The van der Waals surface area contributed by atoms with Crippen molar-refractivity contribution in [2.24, 2.45) is 0 Å². The van der Waals surface area contributed by atoms with Crippen LogP contribution in [-0.2, 0) is 4.74 Å². The van der Waals surface area contributed by atoms with Crippen LogP contribution in [0.15, 0.2) is 46.9 Å². The first-order valence-corrected chi connectivity index (χ1v) is 7.28. The Balaban J connectivity index is 1.62. The summed E-state index contributed by atoms with van der Waals surface area (Å²) in [6.45, 7) is -0.180. The van der Waals surface area contributed by atoms with E-state index in [1.165, 1.54) is 0 Å². The molecule has 0 saturated heterocycles. The van der Waals surface area contributed by atoms with Gasteiger partial charge in [0.2, 0.25) is 6.79 Å². The maximum Gasteiger partial charge on any atom is 0.338 e. The van der Waals surface area contributed by atoms with Crippen molar-refractivity contribution in [2.75, 3.05) is 13.4 Å². The van der Waals surface area contributed by atoms with E-state index >= 15 is 0 Å². The van der Waals surface area contributed by atoms with Crippen LogP contribution in [0.4, 0.5) is 0 Å². The van der Waals surface area contributed by atoms with Crippen LogP contribution in [0, 0.1) is 0 Å². The Kier molecular flexibility index (Phi) is 4.11. The molecule has 0 atom stereocenters. The summed E-state index contributed by atoms with van der Waals surface area (Å²) in [6, 6.07) is 11.6. The monoisotopic (exact) mass is 362 g/mol. The van der Waals surface area contributed by atoms with Crippen molar-refractivity contribution in [3.63, 3.8) is 0 Å². The second-order valence-corrected chi connectivity index (χ2v) is 5.49. The van der Waals surface area contributed by atoms with E-state index in [4.69, 9.17) is 14.2 Å². The molecule has 0 fully saturated rings. The molecule has 112 valence electrons. The molecule has 1 heterocycles. The molecule has 0 spiro atoms. The van der Waals surface area contributed by atoms with Crippen LogP contribution >= 0.6 is 15.9 Å². The highest BCUT2D eigenvalue weighted by molar-refractivity contribution is 9.10. The largest absolute Gasteiger partial charge is 0.454 e. The Morgan fingerprint density at radius 2 is 1.68 bits per heavy atom. The van der Waals surface area contributed by atoms with Crippen molar-refractivity contribution < 1.29 is 23.8 Å². The summed E-state index contributed by atoms with van der Waals surface area (Å²) >= 11 is 3.28. The number of carbonyl (C=O) groups is 2. The normalized spacial score (nSPS) is 12.0. The zero-order valence-electron chi connectivity index (χ0n) is 11.4. The van der Waals surface area contributed by atoms with E-state index in [0.717, 1.165) is 4.47 Å². The molecule has 0 bridgehead atoms. The lowest BCUT2D eigenvalue weighted by Crippen LogP contribution is -2.14. The molecule has 0 aromatic heterocycles. The molecule has 1 aliphatic heterocycles. The number of ketones is 1. The summed E-state index contributed by atoms with van der Waals surface area (Å²) in [4.78, 5) is 23.9. The number of Topliss-reactive ketones (excluding diaryl/α,β-unsaturated/α-hetero) is 1. The standard InChI is InChI=1S/C16H11BrO5/c17-12-4-1-10(2-5-12)16(19)20-8-13(18)11-3-6-14-15(7-11)22-9-21-14/h1-7H,8-9H2. The van der Waals surface area contributed by atoms with Crippen molar-refractivity contribution in [3.05, 3.63) is 58.1 Å². The van der Waals surface area contributed by atoms with E-state index < -0.39 is 5.97 Å². The molecular weight excluding hydrogens is 352 g/mol. The second kappa shape index (κ2) is 6.19. The maximum absolute atomic E-state index is 12.1. The third-order valence-electron chi connectivity index (χ3n) is 3.11. The molecule has 0 unspecified atom stereocenters. The molecule has 2 aromatic carbocycles. The summed E-state index contributed by atoms with van der Waals surface area (Å²) in [5.74, 6) is 0.277. The molecule has 0 aliphatic carbocycles. The average molecular weight is 363 g/mol. The molecular formula is C16H11BrO5. The lowest BCUT2D eigenvalue weighted by Gasteiger charge is -2.05. The van der Waals surface area contributed by atoms with Gasteiger partial charge in [-0.25, -0.2) is 4.79 Å². The zero-order valence-corrected chi connectivity index (χ0v) is 13.0. The smallest absolute Gasteiger partial charge is 0.338 e. The third kappa shape index (κ3) is 3.12. The van der Waals surface area contributed by atoms with Gasteiger partial charge in [-0.3, -0.25) is 4.79 Å². The molecule has 0 amide bonds. The van der Waals surface area contributed by atoms with E-state index in [-0.39, 0.29) is 19.2 Å². The lowest BCUT2D eigenvalue weighted by atomic mass is 10.1. The van der Waals surface area contributed by atoms with Crippen molar-refractivity contribution in [3.8, 4) is 11.5 Å². The Morgan fingerprint density at radius 1 is 1.00 bits per heavy atom. The van der Waals surface area contributed by atoms with E-state index in [2.05, 4.69) is 15.9 Å². The summed E-state index contributed by atoms with van der Waals surface area (Å²) in [5, 5.41) is 0. The number of fused-ring (bicyclic) bond motifs is 1. The van der Waals surface area contributed by atoms with Gasteiger partial charge in [-0.15, -0.1) is 0 Å². The molecule has 6 heteroatoms. The lowest BCUT2D eigenvalue weighted by molar-refractivity contribution is 0.0474. The topological polar surface area (TPSA) is 61.8 Å².